The normalized spacial score (nSPS) is 22.4. The van der Waals surface area contributed by atoms with E-state index in [1.54, 1.807) is 0 Å². The first-order valence-electron chi connectivity index (χ1n) is 13.2. The molecule has 0 aromatic rings. The summed E-state index contributed by atoms with van der Waals surface area (Å²) in [7, 11) is 0. The van der Waals surface area contributed by atoms with E-state index in [2.05, 4.69) is 88.0 Å². The third kappa shape index (κ3) is 8.77. The minimum Gasteiger partial charge on any atom is -0.307 e. The molecule has 0 saturated carbocycles. The van der Waals surface area contributed by atoms with Crippen molar-refractivity contribution in [1.29, 1.82) is 0 Å². The molecule has 4 heteroatoms. The molecule has 3 nitrogen and oxygen atoms in total. The Bertz CT molecular complexity index is 907. The summed E-state index contributed by atoms with van der Waals surface area (Å²) in [5.74, 6) is 0.453. The van der Waals surface area contributed by atoms with E-state index < -0.39 is 5.66 Å². The fourth-order valence-electron chi connectivity index (χ4n) is 3.98. The molecule has 1 amide bonds. The average molecular weight is 503 g/mol. The summed E-state index contributed by atoms with van der Waals surface area (Å²) in [6.45, 7) is 30.3. The molecule has 0 bridgehead atoms. The maximum absolute atomic E-state index is 13.8. The van der Waals surface area contributed by atoms with Gasteiger partial charge in [-0.2, -0.15) is 0 Å². The van der Waals surface area contributed by atoms with Gasteiger partial charge < -0.3 is 4.90 Å². The number of aliphatic imine (C=N–C) groups is 1. The van der Waals surface area contributed by atoms with Crippen LogP contribution >= 0.6 is 11.6 Å². The second-order valence-corrected chi connectivity index (χ2v) is 13.3. The third-order valence-electron chi connectivity index (χ3n) is 7.43. The fraction of sp³-hybridized carbons (Fsp3) is 0.677. The summed E-state index contributed by atoms with van der Waals surface area (Å²) in [5, 5.41) is 0.611. The topological polar surface area (TPSA) is 32.7 Å². The van der Waals surface area contributed by atoms with E-state index in [0.29, 0.717) is 22.2 Å². The van der Waals surface area contributed by atoms with Crippen LogP contribution < -0.4 is 0 Å². The number of rotatable bonds is 10. The second kappa shape index (κ2) is 12.1. The molecule has 0 fully saturated rings. The molecule has 198 valence electrons. The zero-order valence-electron chi connectivity index (χ0n) is 24.6. The molecule has 0 aliphatic carbocycles. The highest BCUT2D eigenvalue weighted by molar-refractivity contribution is 6.48. The van der Waals surface area contributed by atoms with Gasteiger partial charge in [0.2, 0.25) is 0 Å². The van der Waals surface area contributed by atoms with Crippen LogP contribution in [0.2, 0.25) is 0 Å². The van der Waals surface area contributed by atoms with Gasteiger partial charge >= 0.3 is 0 Å². The highest BCUT2D eigenvalue weighted by Gasteiger charge is 2.45. The van der Waals surface area contributed by atoms with Gasteiger partial charge in [-0.05, 0) is 87.9 Å². The Morgan fingerprint density at radius 3 is 2.23 bits per heavy atom. The van der Waals surface area contributed by atoms with E-state index in [1.165, 1.54) is 5.57 Å². The van der Waals surface area contributed by atoms with Gasteiger partial charge in [0.05, 0.1) is 0 Å². The molecule has 2 unspecified atom stereocenters. The molecule has 3 atom stereocenters. The average Bonchev–Trinajstić information content (AvgIpc) is 2.99. The molecule has 1 aliphatic rings. The molecule has 0 spiro atoms. The molecule has 0 N–H and O–H groups in total. The number of hydrogen-bond donors (Lipinski definition) is 0. The van der Waals surface area contributed by atoms with Gasteiger partial charge in [0.15, 0.2) is 5.66 Å². The van der Waals surface area contributed by atoms with Gasteiger partial charge in [-0.15, -0.1) is 0 Å². The van der Waals surface area contributed by atoms with Crippen LogP contribution in [0.15, 0.2) is 51.6 Å². The van der Waals surface area contributed by atoms with Crippen molar-refractivity contribution >= 4 is 23.2 Å². The van der Waals surface area contributed by atoms with Gasteiger partial charge in [-0.1, -0.05) is 85.2 Å². The predicted octanol–water partition coefficient (Wildman–Crippen LogP) is 9.25. The standard InChI is InChI=1S/C31H51ClN2O/c1-14-21(2)20-26(32)24(5)25(6)27-28(35)34(23(4)17-19-29(7,8)9)31(13,33-27)18-15-16-22(3)30(10,11)12/h15,18,20,22-23H,6,14,16-17,19H2,1-5,7-13H3/b18-15?,21-20+,26-24+/t22?,23-,31?/m0/s1. The Kier molecular flexibility index (Phi) is 10.8. The summed E-state index contributed by atoms with van der Waals surface area (Å²) >= 11 is 6.61. The Balaban J connectivity index is 3.42. The number of amides is 1. The van der Waals surface area contributed by atoms with Crippen LogP contribution in [0.4, 0.5) is 0 Å². The molecular formula is C31H51ClN2O. The highest BCUT2D eigenvalue weighted by Crippen LogP contribution is 2.36. The van der Waals surface area contributed by atoms with Crippen molar-refractivity contribution in [3.8, 4) is 0 Å². The van der Waals surface area contributed by atoms with Crippen molar-refractivity contribution in [1.82, 2.24) is 4.90 Å². The minimum absolute atomic E-state index is 0.0486. The number of nitrogens with zero attached hydrogens (tertiary/aromatic N) is 2. The third-order valence-corrected chi connectivity index (χ3v) is 7.82. The van der Waals surface area contributed by atoms with Crippen LogP contribution in [0.3, 0.4) is 0 Å². The van der Waals surface area contributed by atoms with E-state index >= 15 is 0 Å². The molecule has 0 saturated heterocycles. The summed E-state index contributed by atoms with van der Waals surface area (Å²) in [6.07, 6.45) is 10.1. The number of allylic oxidation sites excluding steroid dienone is 5. The maximum atomic E-state index is 13.8. The van der Waals surface area contributed by atoms with E-state index in [4.69, 9.17) is 16.6 Å². The molecule has 1 heterocycles. The van der Waals surface area contributed by atoms with Crippen LogP contribution in [0.1, 0.15) is 109 Å². The number of halogens is 1. The van der Waals surface area contributed by atoms with Gasteiger partial charge in [0, 0.05) is 16.6 Å². The SMILES string of the molecule is C=C(C1=NC(C)(C=CCC(C)C(C)(C)C)N([C@@H](C)CCC(C)(C)C)C1=O)/C(C)=C(Cl)\C=C(/C)CC. The maximum Gasteiger partial charge on any atom is 0.275 e. The fourth-order valence-corrected chi connectivity index (χ4v) is 4.28. The van der Waals surface area contributed by atoms with E-state index in [1.807, 2.05) is 24.8 Å². The molecule has 1 rings (SSSR count). The molecule has 0 radical (unpaired) electrons. The summed E-state index contributed by atoms with van der Waals surface area (Å²) in [6, 6.07) is 0.0486. The van der Waals surface area contributed by atoms with Crippen LogP contribution in [-0.2, 0) is 4.79 Å². The summed E-state index contributed by atoms with van der Waals surface area (Å²) in [5.41, 5.74) is 2.68. The monoisotopic (exact) mass is 502 g/mol. The summed E-state index contributed by atoms with van der Waals surface area (Å²) < 4.78 is 0. The van der Waals surface area contributed by atoms with Gasteiger partial charge in [0.1, 0.15) is 5.71 Å². The van der Waals surface area contributed by atoms with Gasteiger partial charge in [0.25, 0.3) is 5.91 Å². The lowest BCUT2D eigenvalue weighted by Crippen LogP contribution is -2.49. The van der Waals surface area contributed by atoms with Crippen molar-refractivity contribution in [2.45, 2.75) is 120 Å². The molecule has 35 heavy (non-hydrogen) atoms. The first kappa shape index (κ1) is 31.4. The minimum atomic E-state index is -0.744. The molecule has 1 aliphatic heterocycles. The van der Waals surface area contributed by atoms with Crippen molar-refractivity contribution < 1.29 is 4.79 Å². The highest BCUT2D eigenvalue weighted by atomic mass is 35.5. The van der Waals surface area contributed by atoms with Crippen molar-refractivity contribution in [2.75, 3.05) is 0 Å². The zero-order chi connectivity index (χ0) is 27.4. The van der Waals surface area contributed by atoms with Crippen molar-refractivity contribution in [2.24, 2.45) is 21.7 Å². The van der Waals surface area contributed by atoms with Crippen LogP contribution in [-0.4, -0.2) is 28.2 Å². The predicted molar refractivity (Wildman–Crippen MR) is 155 cm³/mol. The molecular weight excluding hydrogens is 452 g/mol. The Labute approximate surface area is 221 Å². The number of carbonyl (C=O) groups excluding carboxylic acids is 1. The van der Waals surface area contributed by atoms with Crippen molar-refractivity contribution in [3.05, 3.63) is 46.6 Å². The van der Waals surface area contributed by atoms with Crippen molar-refractivity contribution in [3.63, 3.8) is 0 Å². The molecule has 0 aromatic heterocycles. The summed E-state index contributed by atoms with van der Waals surface area (Å²) in [4.78, 5) is 20.8. The number of carbonyl (C=O) groups is 1. The van der Waals surface area contributed by atoms with E-state index in [-0.39, 0.29) is 22.8 Å². The largest absolute Gasteiger partial charge is 0.307 e. The van der Waals surface area contributed by atoms with Gasteiger partial charge in [-0.3, -0.25) is 4.79 Å². The number of hydrogen-bond acceptors (Lipinski definition) is 2. The van der Waals surface area contributed by atoms with Crippen LogP contribution in [0.25, 0.3) is 0 Å². The quantitative estimate of drug-likeness (QED) is 0.216. The van der Waals surface area contributed by atoms with E-state index in [9.17, 15) is 4.79 Å². The van der Waals surface area contributed by atoms with Crippen LogP contribution in [0, 0.1) is 16.7 Å². The molecule has 0 aromatic carbocycles. The zero-order valence-corrected chi connectivity index (χ0v) is 25.4. The Morgan fingerprint density at radius 2 is 1.74 bits per heavy atom. The first-order chi connectivity index (χ1) is 15.8. The van der Waals surface area contributed by atoms with Crippen LogP contribution in [0.5, 0.6) is 0 Å². The lowest BCUT2D eigenvalue weighted by atomic mass is 9.80. The second-order valence-electron chi connectivity index (χ2n) is 12.9. The van der Waals surface area contributed by atoms with E-state index in [0.717, 1.165) is 31.3 Å². The first-order valence-corrected chi connectivity index (χ1v) is 13.6. The van der Waals surface area contributed by atoms with Gasteiger partial charge in [-0.25, -0.2) is 4.99 Å². The smallest absolute Gasteiger partial charge is 0.275 e. The Morgan fingerprint density at radius 1 is 1.17 bits per heavy atom. The Hall–Kier alpha value is -1.61. The lowest BCUT2D eigenvalue weighted by Gasteiger charge is -2.37. The lowest BCUT2D eigenvalue weighted by molar-refractivity contribution is -0.128.